The average Bonchev–Trinajstić information content (AvgIpc) is 2.12. The number of carbonyl (C=O) groups is 1. The molecule has 0 aromatic rings. The van der Waals surface area contributed by atoms with Gasteiger partial charge < -0.3 is 20.4 Å². The Morgan fingerprint density at radius 2 is 1.71 bits per heavy atom. The lowest BCUT2D eigenvalue weighted by atomic mass is 9.79. The van der Waals surface area contributed by atoms with Crippen molar-refractivity contribution in [1.29, 1.82) is 0 Å². The maximum Gasteiger partial charge on any atom is 0.266 e. The van der Waals surface area contributed by atoms with Crippen LogP contribution in [0, 0.1) is 0 Å². The SMILES string of the molecule is NNC(=O)[C@]1(O)C[C@@H](O)[C@@H](O)[C@H](O)C1. The molecular formula is C7H14N2O5. The van der Waals surface area contributed by atoms with Crippen molar-refractivity contribution in [2.45, 2.75) is 36.8 Å². The molecule has 1 amide bonds. The summed E-state index contributed by atoms with van der Waals surface area (Å²) in [5, 5.41) is 37.3. The fourth-order valence-electron chi connectivity index (χ4n) is 1.59. The predicted octanol–water partition coefficient (Wildman–Crippen LogP) is -3.42. The summed E-state index contributed by atoms with van der Waals surface area (Å²) in [4.78, 5) is 11.1. The molecule has 0 heterocycles. The number of hydrogen-bond donors (Lipinski definition) is 6. The highest BCUT2D eigenvalue weighted by Crippen LogP contribution is 2.29. The lowest BCUT2D eigenvalue weighted by Gasteiger charge is -2.38. The fourth-order valence-corrected chi connectivity index (χ4v) is 1.59. The Morgan fingerprint density at radius 3 is 2.07 bits per heavy atom. The zero-order valence-electron chi connectivity index (χ0n) is 7.42. The highest BCUT2D eigenvalue weighted by molar-refractivity contribution is 5.84. The van der Waals surface area contributed by atoms with Gasteiger partial charge in [-0.3, -0.25) is 10.2 Å². The highest BCUT2D eigenvalue weighted by atomic mass is 16.4. The van der Waals surface area contributed by atoms with E-state index in [1.165, 1.54) is 0 Å². The molecule has 1 rings (SSSR count). The first kappa shape index (κ1) is 11.3. The van der Waals surface area contributed by atoms with Crippen LogP contribution < -0.4 is 11.3 Å². The van der Waals surface area contributed by atoms with Gasteiger partial charge in [0.25, 0.3) is 5.91 Å². The van der Waals surface area contributed by atoms with Gasteiger partial charge in [-0.25, -0.2) is 5.84 Å². The highest BCUT2D eigenvalue weighted by Gasteiger charge is 2.47. The molecule has 1 saturated carbocycles. The number of aliphatic hydroxyl groups is 4. The zero-order valence-corrected chi connectivity index (χ0v) is 7.42. The summed E-state index contributed by atoms with van der Waals surface area (Å²) in [6.07, 6.45) is -4.74. The van der Waals surface area contributed by atoms with Crippen molar-refractivity contribution in [2.24, 2.45) is 5.84 Å². The second kappa shape index (κ2) is 3.79. The molecule has 0 aromatic carbocycles. The standard InChI is InChI=1S/C7H14N2O5/c8-9-6(13)7(14)1-3(10)5(12)4(11)2-7/h3-5,10-12,14H,1-2,8H2,(H,9,13)/t3-,4-,5-,7+/m1/s1. The number of aliphatic hydroxyl groups excluding tert-OH is 3. The van der Waals surface area contributed by atoms with Crippen molar-refractivity contribution in [3.05, 3.63) is 0 Å². The first-order valence-electron chi connectivity index (χ1n) is 4.18. The average molecular weight is 206 g/mol. The Labute approximate surface area is 80.1 Å². The van der Waals surface area contributed by atoms with Crippen LogP contribution in [0.5, 0.6) is 0 Å². The number of rotatable bonds is 1. The predicted molar refractivity (Wildman–Crippen MR) is 44.5 cm³/mol. The lowest BCUT2D eigenvalue weighted by Crippen LogP contribution is -2.59. The Morgan fingerprint density at radius 1 is 1.29 bits per heavy atom. The van der Waals surface area contributed by atoms with Gasteiger partial charge in [-0.05, 0) is 0 Å². The Kier molecular flexibility index (Phi) is 3.07. The number of hydrazine groups is 1. The van der Waals surface area contributed by atoms with Crippen molar-refractivity contribution in [2.75, 3.05) is 0 Å². The van der Waals surface area contributed by atoms with Crippen LogP contribution in [0.3, 0.4) is 0 Å². The largest absolute Gasteiger partial charge is 0.390 e. The third-order valence-corrected chi connectivity index (χ3v) is 2.44. The minimum absolute atomic E-state index is 0.353. The smallest absolute Gasteiger partial charge is 0.266 e. The van der Waals surface area contributed by atoms with Crippen molar-refractivity contribution in [1.82, 2.24) is 5.43 Å². The van der Waals surface area contributed by atoms with Gasteiger partial charge in [-0.15, -0.1) is 0 Å². The van der Waals surface area contributed by atoms with Gasteiger partial charge in [0.05, 0.1) is 12.2 Å². The quantitative estimate of drug-likeness (QED) is 0.150. The summed E-state index contributed by atoms with van der Waals surface area (Å²) in [5.41, 5.74) is -0.185. The van der Waals surface area contributed by atoms with E-state index in [0.717, 1.165) is 0 Å². The van der Waals surface area contributed by atoms with Crippen LogP contribution >= 0.6 is 0 Å². The summed E-state index contributed by atoms with van der Waals surface area (Å²) in [6.45, 7) is 0. The molecule has 1 aliphatic rings. The third-order valence-electron chi connectivity index (χ3n) is 2.44. The van der Waals surface area contributed by atoms with Gasteiger partial charge in [0, 0.05) is 12.8 Å². The molecule has 0 aliphatic heterocycles. The molecule has 0 radical (unpaired) electrons. The second-order valence-corrected chi connectivity index (χ2v) is 3.54. The normalized spacial score (nSPS) is 43.4. The molecule has 0 bridgehead atoms. The maximum atomic E-state index is 11.1. The van der Waals surface area contributed by atoms with E-state index in [2.05, 4.69) is 0 Å². The van der Waals surface area contributed by atoms with Gasteiger partial charge in [0.2, 0.25) is 0 Å². The van der Waals surface area contributed by atoms with E-state index in [1.807, 2.05) is 0 Å². The molecule has 2 atom stereocenters. The van der Waals surface area contributed by atoms with E-state index in [-0.39, 0.29) is 12.8 Å². The lowest BCUT2D eigenvalue weighted by molar-refractivity contribution is -0.172. The molecule has 1 fully saturated rings. The molecule has 82 valence electrons. The number of nitrogens with one attached hydrogen (secondary N) is 1. The second-order valence-electron chi connectivity index (χ2n) is 3.54. The molecule has 7 N–H and O–H groups in total. The van der Waals surface area contributed by atoms with Gasteiger partial charge >= 0.3 is 0 Å². The molecule has 0 unspecified atom stereocenters. The van der Waals surface area contributed by atoms with Gasteiger partial charge in [-0.2, -0.15) is 0 Å². The summed E-state index contributed by atoms with van der Waals surface area (Å²) >= 11 is 0. The van der Waals surface area contributed by atoms with E-state index >= 15 is 0 Å². The summed E-state index contributed by atoms with van der Waals surface area (Å²) in [7, 11) is 0. The van der Waals surface area contributed by atoms with E-state index in [4.69, 9.17) is 10.9 Å². The van der Waals surface area contributed by atoms with Crippen LogP contribution in [-0.4, -0.2) is 50.2 Å². The van der Waals surface area contributed by atoms with Gasteiger partial charge in [0.1, 0.15) is 11.7 Å². The van der Waals surface area contributed by atoms with E-state index in [0.29, 0.717) is 0 Å². The first-order chi connectivity index (χ1) is 6.40. The summed E-state index contributed by atoms with van der Waals surface area (Å²) in [5.74, 6) is 3.94. The van der Waals surface area contributed by atoms with Crippen molar-refractivity contribution in [3.63, 3.8) is 0 Å². The molecule has 0 aromatic heterocycles. The number of amides is 1. The van der Waals surface area contributed by atoms with Crippen LogP contribution in [-0.2, 0) is 4.79 Å². The number of carbonyl (C=O) groups excluding carboxylic acids is 1. The van der Waals surface area contributed by atoms with E-state index < -0.39 is 29.8 Å². The monoisotopic (exact) mass is 206 g/mol. The Balaban J connectivity index is 2.78. The molecule has 1 aliphatic carbocycles. The van der Waals surface area contributed by atoms with Crippen LogP contribution in [0.1, 0.15) is 12.8 Å². The van der Waals surface area contributed by atoms with Crippen molar-refractivity contribution < 1.29 is 25.2 Å². The third kappa shape index (κ3) is 1.86. The number of nitrogens with two attached hydrogens (primary N) is 1. The van der Waals surface area contributed by atoms with E-state index in [9.17, 15) is 20.1 Å². The first-order valence-corrected chi connectivity index (χ1v) is 4.18. The van der Waals surface area contributed by atoms with Gasteiger partial charge in [0.15, 0.2) is 0 Å². The molecular weight excluding hydrogens is 192 g/mol. The molecule has 0 spiro atoms. The summed E-state index contributed by atoms with van der Waals surface area (Å²) < 4.78 is 0. The zero-order chi connectivity index (χ0) is 10.9. The molecule has 7 nitrogen and oxygen atoms in total. The molecule has 0 saturated heterocycles. The topological polar surface area (TPSA) is 136 Å². The van der Waals surface area contributed by atoms with Gasteiger partial charge in [-0.1, -0.05) is 0 Å². The van der Waals surface area contributed by atoms with Crippen molar-refractivity contribution in [3.8, 4) is 0 Å². The maximum absolute atomic E-state index is 11.1. The van der Waals surface area contributed by atoms with Crippen LogP contribution in [0.2, 0.25) is 0 Å². The molecule has 14 heavy (non-hydrogen) atoms. The Bertz CT molecular complexity index is 222. The Hall–Kier alpha value is -0.730. The van der Waals surface area contributed by atoms with E-state index in [1.54, 1.807) is 5.43 Å². The van der Waals surface area contributed by atoms with Crippen molar-refractivity contribution >= 4 is 5.91 Å². The minimum atomic E-state index is -1.92. The molecule has 7 heteroatoms. The van der Waals surface area contributed by atoms with Crippen LogP contribution in [0.15, 0.2) is 0 Å². The number of hydrogen-bond acceptors (Lipinski definition) is 6. The van der Waals surface area contributed by atoms with Crippen LogP contribution in [0.25, 0.3) is 0 Å². The van der Waals surface area contributed by atoms with Crippen LogP contribution in [0.4, 0.5) is 0 Å². The minimum Gasteiger partial charge on any atom is -0.390 e. The summed E-state index contributed by atoms with van der Waals surface area (Å²) in [6, 6.07) is 0. The fraction of sp³-hybridized carbons (Fsp3) is 0.857.